The zero-order valence-corrected chi connectivity index (χ0v) is 13.4. The molecule has 0 aliphatic rings. The molecule has 2 aromatic carbocycles. The topological polar surface area (TPSA) is 70.3 Å². The summed E-state index contributed by atoms with van der Waals surface area (Å²) in [5.41, 5.74) is 0.626. The van der Waals surface area contributed by atoms with Crippen LogP contribution in [0.25, 0.3) is 0 Å². The first-order chi connectivity index (χ1) is 10.9. The zero-order valence-electron chi connectivity index (χ0n) is 12.5. The number of nitrogens with zero attached hydrogens (tertiary/aromatic N) is 1. The van der Waals surface area contributed by atoms with Gasteiger partial charge in [-0.05, 0) is 43.5 Å². The highest BCUT2D eigenvalue weighted by molar-refractivity contribution is 7.98. The maximum atomic E-state index is 13.5. The van der Waals surface area contributed by atoms with Crippen LogP contribution in [0, 0.1) is 17.1 Å². The second kappa shape index (κ2) is 7.16. The van der Waals surface area contributed by atoms with Crippen molar-refractivity contribution < 1.29 is 19.0 Å². The van der Waals surface area contributed by atoms with Crippen molar-refractivity contribution in [2.24, 2.45) is 0 Å². The summed E-state index contributed by atoms with van der Waals surface area (Å²) >= 11 is 1.48. The van der Waals surface area contributed by atoms with Gasteiger partial charge in [-0.2, -0.15) is 5.26 Å². The van der Waals surface area contributed by atoms with Gasteiger partial charge in [0.25, 0.3) is 0 Å². The Kier molecular flexibility index (Phi) is 5.24. The van der Waals surface area contributed by atoms with Crippen molar-refractivity contribution >= 4 is 17.7 Å². The molecule has 4 nitrogen and oxygen atoms in total. The SMILES string of the molecule is CSc1ccc(Oc2cc(F)cc(C#N)c2)c(C(C)C(=O)O)c1. The van der Waals surface area contributed by atoms with Crippen molar-refractivity contribution in [3.05, 3.63) is 53.3 Å². The van der Waals surface area contributed by atoms with Gasteiger partial charge in [-0.15, -0.1) is 11.8 Å². The second-order valence-corrected chi connectivity index (χ2v) is 5.73. The quantitative estimate of drug-likeness (QED) is 0.822. The fraction of sp³-hybridized carbons (Fsp3) is 0.176. The number of thioether (sulfide) groups is 1. The van der Waals surface area contributed by atoms with Gasteiger partial charge in [0.05, 0.1) is 17.6 Å². The summed E-state index contributed by atoms with van der Waals surface area (Å²) in [4.78, 5) is 12.2. The van der Waals surface area contributed by atoms with Gasteiger partial charge < -0.3 is 9.84 Å². The Balaban J connectivity index is 2.45. The number of rotatable bonds is 5. The molecule has 6 heteroatoms. The van der Waals surface area contributed by atoms with E-state index in [-0.39, 0.29) is 11.3 Å². The molecular weight excluding hydrogens is 317 g/mol. The highest BCUT2D eigenvalue weighted by Crippen LogP contribution is 2.34. The molecule has 0 fully saturated rings. The number of carboxylic acid groups (broad SMARTS) is 1. The van der Waals surface area contributed by atoms with E-state index in [1.807, 2.05) is 12.3 Å². The Bertz CT molecular complexity index is 786. The number of ether oxygens (including phenoxy) is 1. The molecule has 0 bridgehead atoms. The number of carbonyl (C=O) groups is 1. The van der Waals surface area contributed by atoms with E-state index in [2.05, 4.69) is 0 Å². The van der Waals surface area contributed by atoms with E-state index in [0.717, 1.165) is 17.0 Å². The van der Waals surface area contributed by atoms with E-state index in [4.69, 9.17) is 10.00 Å². The molecule has 1 N–H and O–H groups in total. The maximum Gasteiger partial charge on any atom is 0.310 e. The summed E-state index contributed by atoms with van der Waals surface area (Å²) in [7, 11) is 0. The van der Waals surface area contributed by atoms with Crippen LogP contribution >= 0.6 is 11.8 Å². The molecule has 1 atom stereocenters. The molecule has 1 unspecified atom stereocenters. The lowest BCUT2D eigenvalue weighted by Crippen LogP contribution is -2.09. The van der Waals surface area contributed by atoms with Gasteiger partial charge in [0.15, 0.2) is 0 Å². The molecule has 0 heterocycles. The molecule has 0 aliphatic carbocycles. The molecule has 2 aromatic rings. The van der Waals surface area contributed by atoms with Crippen LogP contribution < -0.4 is 4.74 Å². The van der Waals surface area contributed by atoms with Crippen molar-refractivity contribution in [1.82, 2.24) is 0 Å². The summed E-state index contributed by atoms with van der Waals surface area (Å²) in [5, 5.41) is 18.1. The van der Waals surface area contributed by atoms with Crippen molar-refractivity contribution in [3.63, 3.8) is 0 Å². The zero-order chi connectivity index (χ0) is 17.0. The summed E-state index contributed by atoms with van der Waals surface area (Å²) in [5.74, 6) is -1.87. The summed E-state index contributed by atoms with van der Waals surface area (Å²) in [6.45, 7) is 1.56. The number of nitriles is 1. The van der Waals surface area contributed by atoms with E-state index in [1.54, 1.807) is 25.1 Å². The van der Waals surface area contributed by atoms with Crippen molar-refractivity contribution in [2.45, 2.75) is 17.7 Å². The lowest BCUT2D eigenvalue weighted by molar-refractivity contribution is -0.138. The molecule has 0 aromatic heterocycles. The smallest absolute Gasteiger partial charge is 0.310 e. The number of carboxylic acids is 1. The van der Waals surface area contributed by atoms with Crippen molar-refractivity contribution in [2.75, 3.05) is 6.26 Å². The predicted octanol–water partition coefficient (Wildman–Crippen LogP) is 4.40. The molecule has 0 aliphatic heterocycles. The number of halogens is 1. The van der Waals surface area contributed by atoms with Crippen LogP contribution in [0.15, 0.2) is 41.3 Å². The second-order valence-electron chi connectivity index (χ2n) is 4.85. The summed E-state index contributed by atoms with van der Waals surface area (Å²) in [6.07, 6.45) is 1.89. The number of aliphatic carboxylic acids is 1. The van der Waals surface area contributed by atoms with E-state index < -0.39 is 17.7 Å². The number of hydrogen-bond donors (Lipinski definition) is 1. The maximum absolute atomic E-state index is 13.5. The first-order valence-electron chi connectivity index (χ1n) is 6.74. The van der Waals surface area contributed by atoms with E-state index in [0.29, 0.717) is 11.3 Å². The van der Waals surface area contributed by atoms with Crippen LogP contribution in [-0.4, -0.2) is 17.3 Å². The average Bonchev–Trinajstić information content (AvgIpc) is 2.53. The normalized spacial score (nSPS) is 11.6. The van der Waals surface area contributed by atoms with Crippen LogP contribution in [-0.2, 0) is 4.79 Å². The van der Waals surface area contributed by atoms with Crippen LogP contribution in [0.5, 0.6) is 11.5 Å². The third-order valence-electron chi connectivity index (χ3n) is 3.28. The van der Waals surface area contributed by atoms with E-state index >= 15 is 0 Å². The van der Waals surface area contributed by atoms with Gasteiger partial charge in [0.1, 0.15) is 17.3 Å². The summed E-state index contributed by atoms with van der Waals surface area (Å²) < 4.78 is 19.1. The summed E-state index contributed by atoms with van der Waals surface area (Å²) in [6, 6.07) is 10.7. The van der Waals surface area contributed by atoms with Crippen LogP contribution in [0.2, 0.25) is 0 Å². The van der Waals surface area contributed by atoms with E-state index in [1.165, 1.54) is 17.8 Å². The minimum atomic E-state index is -0.981. The van der Waals surface area contributed by atoms with Crippen molar-refractivity contribution in [3.8, 4) is 17.6 Å². The predicted molar refractivity (Wildman–Crippen MR) is 85.5 cm³/mol. The Labute approximate surface area is 137 Å². The third kappa shape index (κ3) is 4.02. The molecule has 2 rings (SSSR count). The van der Waals surface area contributed by atoms with Crippen LogP contribution in [0.4, 0.5) is 4.39 Å². The van der Waals surface area contributed by atoms with Gasteiger partial charge in [-0.1, -0.05) is 0 Å². The standard InChI is InChI=1S/C17H14FNO3S/c1-10(17(20)21)15-8-14(23-2)3-4-16(15)22-13-6-11(9-19)5-12(18)7-13/h3-8,10H,1-2H3,(H,20,21). The fourth-order valence-electron chi connectivity index (χ4n) is 2.03. The molecule has 23 heavy (non-hydrogen) atoms. The highest BCUT2D eigenvalue weighted by Gasteiger charge is 2.20. The van der Waals surface area contributed by atoms with Gasteiger partial charge in [-0.3, -0.25) is 4.79 Å². The lowest BCUT2D eigenvalue weighted by Gasteiger charge is -2.15. The van der Waals surface area contributed by atoms with Gasteiger partial charge in [0.2, 0.25) is 0 Å². The highest BCUT2D eigenvalue weighted by atomic mass is 32.2. The molecular formula is C17H14FNO3S. The minimum absolute atomic E-state index is 0.133. The Hall–Kier alpha value is -2.52. The molecule has 0 saturated heterocycles. The van der Waals surface area contributed by atoms with Gasteiger partial charge >= 0.3 is 5.97 Å². The Morgan fingerprint density at radius 3 is 2.70 bits per heavy atom. The Morgan fingerprint density at radius 2 is 2.09 bits per heavy atom. The fourth-order valence-corrected chi connectivity index (χ4v) is 2.48. The van der Waals surface area contributed by atoms with Gasteiger partial charge in [0, 0.05) is 16.5 Å². The first kappa shape index (κ1) is 16.8. The lowest BCUT2D eigenvalue weighted by atomic mass is 10.0. The molecule has 118 valence electrons. The van der Waals surface area contributed by atoms with E-state index in [9.17, 15) is 14.3 Å². The number of benzene rings is 2. The van der Waals surface area contributed by atoms with Crippen LogP contribution in [0.3, 0.4) is 0 Å². The van der Waals surface area contributed by atoms with Gasteiger partial charge in [-0.25, -0.2) is 4.39 Å². The van der Waals surface area contributed by atoms with Crippen LogP contribution in [0.1, 0.15) is 24.0 Å². The third-order valence-corrected chi connectivity index (χ3v) is 4.01. The first-order valence-corrected chi connectivity index (χ1v) is 7.96. The average molecular weight is 331 g/mol. The Morgan fingerprint density at radius 1 is 1.35 bits per heavy atom. The molecule has 0 amide bonds. The minimum Gasteiger partial charge on any atom is -0.481 e. The monoisotopic (exact) mass is 331 g/mol. The molecule has 0 spiro atoms. The molecule has 0 saturated carbocycles. The molecule has 0 radical (unpaired) electrons. The van der Waals surface area contributed by atoms with Crippen molar-refractivity contribution in [1.29, 1.82) is 5.26 Å². The largest absolute Gasteiger partial charge is 0.481 e. The number of hydrogen-bond acceptors (Lipinski definition) is 4.